The predicted octanol–water partition coefficient (Wildman–Crippen LogP) is 2.63. The van der Waals surface area contributed by atoms with Gasteiger partial charge in [-0.1, -0.05) is 36.4 Å². The van der Waals surface area contributed by atoms with Gasteiger partial charge in [0.2, 0.25) is 5.91 Å². The third kappa shape index (κ3) is 9.21. The zero-order valence-corrected chi connectivity index (χ0v) is 25.7. The van der Waals surface area contributed by atoms with Crippen LogP contribution in [0.4, 0.5) is 0 Å². The molecule has 5 N–H and O–H groups in total. The lowest BCUT2D eigenvalue weighted by Gasteiger charge is -2.28. The molecule has 4 rings (SSSR count). The minimum absolute atomic E-state index is 0.0825. The Kier molecular flexibility index (Phi) is 11.9. The van der Waals surface area contributed by atoms with Crippen LogP contribution in [0.1, 0.15) is 58.3 Å². The Bertz CT molecular complexity index is 1330. The molecule has 2 amide bonds. The van der Waals surface area contributed by atoms with Crippen molar-refractivity contribution >= 4 is 38.6 Å². The molecule has 0 spiro atoms. The molecule has 11 nitrogen and oxygen atoms in total. The number of carbonyl (C=O) groups excluding carboxylic acids is 2. The zero-order valence-electron chi connectivity index (χ0n) is 24.9. The van der Waals surface area contributed by atoms with Crippen LogP contribution in [0, 0.1) is 17.8 Å². The molecule has 1 atom stereocenters. The van der Waals surface area contributed by atoms with Crippen molar-refractivity contribution in [2.24, 2.45) is 17.8 Å². The Balaban J connectivity index is 1.43. The van der Waals surface area contributed by atoms with Gasteiger partial charge < -0.3 is 21.1 Å². The van der Waals surface area contributed by atoms with Gasteiger partial charge in [-0.15, -0.1) is 4.83 Å². The second-order valence-electron chi connectivity index (χ2n) is 11.8. The number of fused-ring (bicyclic) bond motifs is 1. The van der Waals surface area contributed by atoms with Gasteiger partial charge in [0.1, 0.15) is 6.04 Å². The fourth-order valence-corrected chi connectivity index (χ4v) is 7.43. The van der Waals surface area contributed by atoms with E-state index in [9.17, 15) is 27.9 Å². The summed E-state index contributed by atoms with van der Waals surface area (Å²) < 4.78 is 26.8. The smallest absolute Gasteiger partial charge is 0.327 e. The number of amides is 2. The van der Waals surface area contributed by atoms with E-state index < -0.39 is 34.5 Å². The average molecular weight is 616 g/mol. The van der Waals surface area contributed by atoms with Gasteiger partial charge in [-0.25, -0.2) is 18.2 Å². The number of carboxylic acids is 1. The molecular weight excluding hydrogens is 570 g/mol. The molecule has 2 aromatic rings. The van der Waals surface area contributed by atoms with Crippen molar-refractivity contribution in [3.05, 3.63) is 42.5 Å². The number of carboxylic acid groups (broad SMARTS) is 1. The van der Waals surface area contributed by atoms with Crippen molar-refractivity contribution in [1.29, 1.82) is 0 Å². The van der Waals surface area contributed by atoms with E-state index in [1.54, 1.807) is 36.4 Å². The monoisotopic (exact) mass is 615 g/mol. The summed E-state index contributed by atoms with van der Waals surface area (Å²) in [4.78, 5) is 40.7. The van der Waals surface area contributed by atoms with Gasteiger partial charge in [0.05, 0.1) is 11.4 Å². The summed E-state index contributed by atoms with van der Waals surface area (Å²) in [5.41, 5.74) is 0. The van der Waals surface area contributed by atoms with Crippen LogP contribution in [0.15, 0.2) is 47.4 Å². The van der Waals surface area contributed by atoms with Crippen LogP contribution < -0.4 is 20.8 Å². The summed E-state index contributed by atoms with van der Waals surface area (Å²) in [5, 5.41) is 20.8. The maximum atomic E-state index is 13.4. The van der Waals surface area contributed by atoms with Crippen molar-refractivity contribution in [3.63, 3.8) is 0 Å². The highest BCUT2D eigenvalue weighted by atomic mass is 32.2. The highest BCUT2D eigenvalue weighted by Gasteiger charge is 2.32. The normalized spacial score (nSPS) is 17.5. The summed E-state index contributed by atoms with van der Waals surface area (Å²) in [5.74, 6) is -1.64. The van der Waals surface area contributed by atoms with E-state index in [-0.39, 0.29) is 16.7 Å². The molecule has 0 radical (unpaired) electrons. The van der Waals surface area contributed by atoms with Crippen molar-refractivity contribution in [1.82, 2.24) is 25.8 Å². The van der Waals surface area contributed by atoms with Gasteiger partial charge in [-0.3, -0.25) is 9.59 Å². The van der Waals surface area contributed by atoms with Crippen LogP contribution in [-0.4, -0.2) is 75.1 Å². The first-order valence-electron chi connectivity index (χ1n) is 15.4. The number of hydrazine groups is 1. The van der Waals surface area contributed by atoms with E-state index in [2.05, 4.69) is 20.8 Å². The minimum Gasteiger partial charge on any atom is -0.480 e. The summed E-state index contributed by atoms with van der Waals surface area (Å²) in [6.45, 7) is 4.63. The lowest BCUT2D eigenvalue weighted by Crippen LogP contribution is -2.56. The number of carbonyl (C=O) groups is 3. The van der Waals surface area contributed by atoms with Gasteiger partial charge in [-0.05, 0) is 108 Å². The van der Waals surface area contributed by atoms with Gasteiger partial charge in [0.25, 0.3) is 15.9 Å². The Hall–Kier alpha value is -3.06. The van der Waals surface area contributed by atoms with Crippen molar-refractivity contribution in [2.75, 3.05) is 32.7 Å². The number of hydrogen-bond donors (Lipinski definition) is 5. The standard InChI is InChI=1S/C31H45N5O6S/c1-22(31(39)40)36(35-43(41,42)28-8-4-6-25-5-2-3-7-27(25)28)29(37)21-34-30(38)26(11-9-23-13-17-32-18-14-23)12-10-24-15-19-33-20-16-24/h2-8,22-24,26,32-33,35H,9-21H2,1H3,(H,34,38)(H,39,40). The molecule has 0 bridgehead atoms. The van der Waals surface area contributed by atoms with Gasteiger partial charge in [0, 0.05) is 11.3 Å². The van der Waals surface area contributed by atoms with Crippen LogP contribution in [0.5, 0.6) is 0 Å². The summed E-state index contributed by atoms with van der Waals surface area (Å²) in [7, 11) is -4.34. The summed E-state index contributed by atoms with van der Waals surface area (Å²) in [6, 6.07) is 10.1. The fraction of sp³-hybridized carbons (Fsp3) is 0.581. The molecule has 2 aromatic carbocycles. The molecule has 12 heteroatoms. The van der Waals surface area contributed by atoms with E-state index in [4.69, 9.17) is 0 Å². The van der Waals surface area contributed by atoms with Crippen molar-refractivity contribution in [2.45, 2.75) is 69.2 Å². The molecule has 2 aliphatic heterocycles. The fourth-order valence-electron chi connectivity index (χ4n) is 6.08. The summed E-state index contributed by atoms with van der Waals surface area (Å²) in [6.07, 6.45) is 7.65. The number of nitrogens with zero attached hydrogens (tertiary/aromatic N) is 1. The number of piperidine rings is 2. The largest absolute Gasteiger partial charge is 0.480 e. The second kappa shape index (κ2) is 15.6. The topological polar surface area (TPSA) is 157 Å². The number of rotatable bonds is 14. The molecule has 2 saturated heterocycles. The minimum atomic E-state index is -4.34. The van der Waals surface area contributed by atoms with Crippen LogP contribution >= 0.6 is 0 Å². The van der Waals surface area contributed by atoms with E-state index >= 15 is 0 Å². The lowest BCUT2D eigenvalue weighted by atomic mass is 9.84. The zero-order chi connectivity index (χ0) is 30.8. The van der Waals surface area contributed by atoms with Crippen LogP contribution in [-0.2, 0) is 24.4 Å². The first kappa shape index (κ1) is 32.8. The van der Waals surface area contributed by atoms with E-state index in [0.29, 0.717) is 27.6 Å². The molecule has 43 heavy (non-hydrogen) atoms. The molecule has 0 aliphatic carbocycles. The van der Waals surface area contributed by atoms with Crippen LogP contribution in [0.25, 0.3) is 10.8 Å². The highest BCUT2D eigenvalue weighted by molar-refractivity contribution is 7.89. The number of benzene rings is 2. The Morgan fingerprint density at radius 3 is 2.05 bits per heavy atom. The number of sulfonamides is 1. The number of hydrogen-bond acceptors (Lipinski definition) is 7. The van der Waals surface area contributed by atoms with E-state index in [0.717, 1.165) is 77.5 Å². The Morgan fingerprint density at radius 1 is 0.907 bits per heavy atom. The molecule has 0 saturated carbocycles. The van der Waals surface area contributed by atoms with E-state index in [1.807, 2.05) is 0 Å². The maximum Gasteiger partial charge on any atom is 0.327 e. The third-order valence-electron chi connectivity index (χ3n) is 8.82. The van der Waals surface area contributed by atoms with Crippen LogP contribution in [0.2, 0.25) is 0 Å². The van der Waals surface area contributed by atoms with Crippen molar-refractivity contribution < 1.29 is 27.9 Å². The molecular formula is C31H45N5O6S. The molecule has 2 aliphatic rings. The van der Waals surface area contributed by atoms with Gasteiger partial charge >= 0.3 is 5.97 Å². The average Bonchev–Trinajstić information content (AvgIpc) is 3.02. The first-order chi connectivity index (χ1) is 20.7. The predicted molar refractivity (Wildman–Crippen MR) is 164 cm³/mol. The summed E-state index contributed by atoms with van der Waals surface area (Å²) >= 11 is 0. The maximum absolute atomic E-state index is 13.4. The first-order valence-corrected chi connectivity index (χ1v) is 16.9. The molecule has 1 unspecified atom stereocenters. The third-order valence-corrected chi connectivity index (χ3v) is 10.2. The number of aliphatic carboxylic acids is 1. The molecule has 0 aromatic heterocycles. The Labute approximate surface area is 254 Å². The SMILES string of the molecule is CC(C(=O)O)N(NS(=O)(=O)c1cccc2ccccc12)C(=O)CNC(=O)C(CCC1CCNCC1)CCC1CCNCC1. The Morgan fingerprint density at radius 2 is 1.47 bits per heavy atom. The van der Waals surface area contributed by atoms with Gasteiger partial charge in [0.15, 0.2) is 0 Å². The quantitative estimate of drug-likeness (QED) is 0.203. The van der Waals surface area contributed by atoms with Crippen LogP contribution in [0.3, 0.4) is 0 Å². The van der Waals surface area contributed by atoms with E-state index in [1.165, 1.54) is 13.0 Å². The molecule has 236 valence electrons. The van der Waals surface area contributed by atoms with Gasteiger partial charge in [-0.2, -0.15) is 0 Å². The second-order valence-corrected chi connectivity index (χ2v) is 13.4. The molecule has 2 fully saturated rings. The molecule has 2 heterocycles. The van der Waals surface area contributed by atoms with Crippen molar-refractivity contribution in [3.8, 4) is 0 Å². The number of nitrogens with one attached hydrogen (secondary N) is 4. The lowest BCUT2D eigenvalue weighted by molar-refractivity contribution is -0.150. The highest BCUT2D eigenvalue weighted by Crippen LogP contribution is 2.27.